The molecule has 4 aliphatic carbocycles. The lowest BCUT2D eigenvalue weighted by molar-refractivity contribution is -0.210. The Morgan fingerprint density at radius 1 is 1.08 bits per heavy atom. The molecule has 272 valence electrons. The Balaban J connectivity index is 1.61. The van der Waals surface area contributed by atoms with Crippen molar-refractivity contribution in [3.8, 4) is 0 Å². The van der Waals surface area contributed by atoms with Gasteiger partial charge in [-0.1, -0.05) is 92.9 Å². The predicted molar refractivity (Wildman–Crippen MR) is 189 cm³/mol. The molecule has 4 aliphatic rings. The first-order valence-electron chi connectivity index (χ1n) is 18.4. The molecule has 1 aromatic rings. The number of carboxylic acid groups (broad SMARTS) is 1. The average Bonchev–Trinajstić information content (AvgIpc) is 3.41. The minimum absolute atomic E-state index is 0.00925. The van der Waals surface area contributed by atoms with Gasteiger partial charge in [-0.25, -0.2) is 0 Å². The van der Waals surface area contributed by atoms with E-state index < -0.39 is 33.7 Å². The number of nitrogens with two attached hydrogens (primary N) is 2. The molecule has 48 heavy (non-hydrogen) atoms. The number of carboxylic acids is 1. The number of allylic oxidation sites excluding steroid dienone is 1. The molecule has 6 N–H and O–H groups in total. The molecule has 11 atom stereocenters. The standard InChI is InChI=1S/C38H66N6O4/c1-22(2)23(3)34(9)17-18-35(10)24-13-14-27-33(7,8)29(48-21-37(12,40)32(4,5)6)26(44-42-31(39)41-43-44)19-38(27,20-45)25(24)15-16-36(35,11)28(34)30(46)47/h15,22-24,26-29,45H,13-14,16-21,40H2,1-12H3,(H2,39,42)(H,46,47)/t23-,24+,26-,27+,28-,29+,34-,35-,36+,37+,38+/m1/s1. The number of aliphatic carboxylic acids is 1. The van der Waals surface area contributed by atoms with Crippen LogP contribution in [-0.2, 0) is 9.53 Å². The zero-order chi connectivity index (χ0) is 36.0. The van der Waals surface area contributed by atoms with Crippen molar-refractivity contribution >= 4 is 11.9 Å². The van der Waals surface area contributed by atoms with Gasteiger partial charge in [0.15, 0.2) is 0 Å². The molecule has 0 spiro atoms. The zero-order valence-electron chi connectivity index (χ0n) is 31.9. The second kappa shape index (κ2) is 11.8. The third-order valence-electron chi connectivity index (χ3n) is 15.8. The first-order chi connectivity index (χ1) is 21.9. The van der Waals surface area contributed by atoms with Gasteiger partial charge >= 0.3 is 5.97 Å². The quantitative estimate of drug-likeness (QED) is 0.226. The summed E-state index contributed by atoms with van der Waals surface area (Å²) in [6, 6.07) is -0.335. The van der Waals surface area contributed by atoms with E-state index in [9.17, 15) is 15.0 Å². The highest BCUT2D eigenvalue weighted by molar-refractivity contribution is 5.73. The van der Waals surface area contributed by atoms with E-state index >= 15 is 0 Å². The van der Waals surface area contributed by atoms with Crippen LogP contribution in [0.3, 0.4) is 0 Å². The Bertz CT molecular complexity index is 1410. The molecule has 10 heteroatoms. The maximum absolute atomic E-state index is 13.4. The smallest absolute Gasteiger partial charge is 0.307 e. The molecule has 0 amide bonds. The highest BCUT2D eigenvalue weighted by Crippen LogP contribution is 2.74. The Hall–Kier alpha value is -2.04. The number of anilines is 1. The van der Waals surface area contributed by atoms with Crippen LogP contribution in [0.15, 0.2) is 11.6 Å². The van der Waals surface area contributed by atoms with Gasteiger partial charge in [0, 0.05) is 11.0 Å². The number of aliphatic hydroxyl groups is 1. The van der Waals surface area contributed by atoms with Gasteiger partial charge in [-0.05, 0) is 101 Å². The van der Waals surface area contributed by atoms with Crippen molar-refractivity contribution in [2.75, 3.05) is 18.9 Å². The maximum atomic E-state index is 13.4. The first-order valence-corrected chi connectivity index (χ1v) is 18.4. The van der Waals surface area contributed by atoms with Crippen LogP contribution in [-0.4, -0.2) is 61.2 Å². The Morgan fingerprint density at radius 3 is 2.25 bits per heavy atom. The largest absolute Gasteiger partial charge is 0.481 e. The number of aliphatic hydroxyl groups excluding tert-OH is 1. The number of ether oxygens (including phenoxy) is 1. The lowest BCUT2D eigenvalue weighted by Crippen LogP contribution is -2.66. The Morgan fingerprint density at radius 2 is 1.73 bits per heavy atom. The molecule has 0 aromatic carbocycles. The molecule has 0 unspecified atom stereocenters. The molecule has 3 fully saturated rings. The van der Waals surface area contributed by atoms with E-state index in [0.717, 1.165) is 25.7 Å². The van der Waals surface area contributed by atoms with E-state index in [0.29, 0.717) is 25.4 Å². The number of tetrazole rings is 1. The van der Waals surface area contributed by atoms with E-state index in [1.54, 1.807) is 4.80 Å². The number of nitrogen functional groups attached to an aromatic ring is 1. The molecule has 1 heterocycles. The molecule has 0 saturated heterocycles. The molecule has 3 saturated carbocycles. The van der Waals surface area contributed by atoms with Gasteiger partial charge in [-0.3, -0.25) is 4.79 Å². The van der Waals surface area contributed by atoms with Crippen molar-refractivity contribution in [2.24, 2.45) is 67.8 Å². The van der Waals surface area contributed by atoms with Gasteiger partial charge in [0.25, 0.3) is 5.95 Å². The van der Waals surface area contributed by atoms with Gasteiger partial charge in [-0.2, -0.15) is 4.80 Å². The molecular weight excluding hydrogens is 604 g/mol. The van der Waals surface area contributed by atoms with Gasteiger partial charge in [0.2, 0.25) is 0 Å². The normalized spacial score (nSPS) is 41.4. The first kappa shape index (κ1) is 37.2. The topological polar surface area (TPSA) is 162 Å². The third kappa shape index (κ3) is 5.20. The highest BCUT2D eigenvalue weighted by Gasteiger charge is 2.70. The third-order valence-corrected chi connectivity index (χ3v) is 15.8. The summed E-state index contributed by atoms with van der Waals surface area (Å²) < 4.78 is 6.91. The van der Waals surface area contributed by atoms with Crippen LogP contribution in [0.1, 0.15) is 128 Å². The maximum Gasteiger partial charge on any atom is 0.307 e. The second-order valence-corrected chi connectivity index (χ2v) is 19.5. The molecule has 0 aliphatic heterocycles. The van der Waals surface area contributed by atoms with Crippen molar-refractivity contribution in [1.82, 2.24) is 20.2 Å². The number of hydrogen-bond acceptors (Lipinski definition) is 8. The monoisotopic (exact) mass is 671 g/mol. The number of nitrogens with zero attached hydrogens (tertiary/aromatic N) is 4. The van der Waals surface area contributed by atoms with Crippen molar-refractivity contribution in [1.29, 1.82) is 0 Å². The summed E-state index contributed by atoms with van der Waals surface area (Å²) in [6.07, 6.45) is 7.04. The van der Waals surface area contributed by atoms with Crippen LogP contribution < -0.4 is 11.5 Å². The average molecular weight is 671 g/mol. The van der Waals surface area contributed by atoms with Crippen LogP contribution in [0.2, 0.25) is 0 Å². The Labute approximate surface area is 289 Å². The van der Waals surface area contributed by atoms with Crippen molar-refractivity contribution in [3.05, 3.63) is 11.6 Å². The number of fused-ring (bicyclic) bond motifs is 5. The van der Waals surface area contributed by atoms with E-state index in [1.807, 2.05) is 6.92 Å². The number of hydrogen-bond donors (Lipinski definition) is 4. The van der Waals surface area contributed by atoms with Gasteiger partial charge in [-0.15, -0.1) is 5.10 Å². The zero-order valence-corrected chi connectivity index (χ0v) is 31.9. The second-order valence-electron chi connectivity index (χ2n) is 19.5. The fourth-order valence-electron chi connectivity index (χ4n) is 11.6. The lowest BCUT2D eigenvalue weighted by Gasteiger charge is -2.70. The van der Waals surface area contributed by atoms with Crippen molar-refractivity contribution in [2.45, 2.75) is 139 Å². The summed E-state index contributed by atoms with van der Waals surface area (Å²) in [5, 5.41) is 35.6. The Kier molecular flexibility index (Phi) is 9.12. The minimum Gasteiger partial charge on any atom is -0.481 e. The SMILES string of the molecule is CC(C)[C@@H](C)[C@@]1(C)CC[C@]2(C)[C@H]3CC[C@H]4C(C)(C)[C@@H](OC[C@](C)(N)C(C)(C)C)[C@H](n5nnc(N)n5)C[C@]4(CO)C3=CC[C@@]2(C)[C@@H]1C(=O)O. The minimum atomic E-state index is -0.670. The van der Waals surface area contributed by atoms with Crippen molar-refractivity contribution in [3.63, 3.8) is 0 Å². The summed E-state index contributed by atoms with van der Waals surface area (Å²) >= 11 is 0. The summed E-state index contributed by atoms with van der Waals surface area (Å²) in [4.78, 5) is 15.0. The molecule has 5 rings (SSSR count). The molecule has 10 nitrogen and oxygen atoms in total. The summed E-state index contributed by atoms with van der Waals surface area (Å²) in [6.45, 7) is 26.9. The number of rotatable bonds is 8. The van der Waals surface area contributed by atoms with Crippen LogP contribution in [0.5, 0.6) is 0 Å². The predicted octanol–water partition coefficient (Wildman–Crippen LogP) is 6.52. The van der Waals surface area contributed by atoms with Gasteiger partial charge in [0.05, 0.1) is 25.2 Å². The van der Waals surface area contributed by atoms with Crippen LogP contribution in [0, 0.1) is 62.1 Å². The number of carbonyl (C=O) groups is 1. The van der Waals surface area contributed by atoms with Gasteiger partial charge in [0.1, 0.15) is 6.04 Å². The van der Waals surface area contributed by atoms with Crippen LogP contribution in [0.4, 0.5) is 5.95 Å². The lowest BCUT2D eigenvalue weighted by atomic mass is 9.34. The fraction of sp³-hybridized carbons (Fsp3) is 0.895. The summed E-state index contributed by atoms with van der Waals surface area (Å²) in [7, 11) is 0. The number of aromatic nitrogens is 4. The van der Waals surface area contributed by atoms with Crippen molar-refractivity contribution < 1.29 is 19.7 Å². The highest BCUT2D eigenvalue weighted by atomic mass is 16.5. The van der Waals surface area contributed by atoms with E-state index in [4.69, 9.17) is 16.2 Å². The molecule has 1 aromatic heterocycles. The summed E-state index contributed by atoms with van der Waals surface area (Å²) in [5.74, 6) is -0.0791. The van der Waals surface area contributed by atoms with Gasteiger partial charge < -0.3 is 26.4 Å². The molecular formula is C38H66N6O4. The summed E-state index contributed by atoms with van der Waals surface area (Å²) in [5.41, 5.74) is 11.5. The van der Waals surface area contributed by atoms with Crippen LogP contribution in [0.25, 0.3) is 0 Å². The van der Waals surface area contributed by atoms with E-state index in [2.05, 4.69) is 97.6 Å². The molecule has 0 bridgehead atoms. The molecule has 0 radical (unpaired) electrons. The van der Waals surface area contributed by atoms with Crippen LogP contribution >= 0.6 is 0 Å². The fourth-order valence-corrected chi connectivity index (χ4v) is 11.6. The van der Waals surface area contributed by atoms with E-state index in [-0.39, 0.29) is 58.7 Å². The van der Waals surface area contributed by atoms with E-state index in [1.165, 1.54) is 5.57 Å².